The Morgan fingerprint density at radius 3 is 2.79 bits per heavy atom. The smallest absolute Gasteiger partial charge is 0.312 e. The molecule has 0 saturated heterocycles. The quantitative estimate of drug-likeness (QED) is 0.392. The highest BCUT2D eigenvalue weighted by Gasteiger charge is 2.33. The summed E-state index contributed by atoms with van der Waals surface area (Å²) in [5.74, 6) is 0.789. The summed E-state index contributed by atoms with van der Waals surface area (Å²) in [6.45, 7) is 0.152. The number of nitrogens with zero attached hydrogens (tertiary/aromatic N) is 2. The van der Waals surface area contributed by atoms with Gasteiger partial charge in [0.05, 0.1) is 23.7 Å². The third-order valence-electron chi connectivity index (χ3n) is 5.11. The molecule has 0 amide bonds. The fourth-order valence-electron chi connectivity index (χ4n) is 3.85. The van der Waals surface area contributed by atoms with E-state index in [0.29, 0.717) is 39.4 Å². The molecule has 0 spiro atoms. The summed E-state index contributed by atoms with van der Waals surface area (Å²) in [6, 6.07) is 8.83. The van der Waals surface area contributed by atoms with Gasteiger partial charge in [0, 0.05) is 28.5 Å². The number of hydrogen-bond acceptors (Lipinski definition) is 8. The molecule has 2 aromatic carbocycles. The molecular weight excluding hydrogens is 382 g/mol. The predicted molar refractivity (Wildman–Crippen MR) is 100 cm³/mol. The zero-order valence-electron chi connectivity index (χ0n) is 14.2. The van der Waals surface area contributed by atoms with Crippen molar-refractivity contribution >= 4 is 39.6 Å². The highest BCUT2D eigenvalue weighted by Crippen LogP contribution is 2.42. The van der Waals surface area contributed by atoms with Gasteiger partial charge in [-0.1, -0.05) is 0 Å². The lowest BCUT2D eigenvalue weighted by Crippen LogP contribution is -2.26. The first-order valence-corrected chi connectivity index (χ1v) is 9.33. The normalized spacial score (nSPS) is 17.7. The zero-order chi connectivity index (χ0) is 18.8. The molecule has 0 unspecified atom stereocenters. The van der Waals surface area contributed by atoms with Crippen molar-refractivity contribution in [3.05, 3.63) is 51.8 Å². The number of H-pyrrole nitrogens is 1. The summed E-state index contributed by atoms with van der Waals surface area (Å²) in [5, 5.41) is 0.794. The molecular formula is C19H11N3O5S. The topological polar surface area (TPSA) is 103 Å². The molecule has 4 aromatic rings. The number of pyridine rings is 1. The van der Waals surface area contributed by atoms with Gasteiger partial charge >= 0.3 is 5.97 Å². The van der Waals surface area contributed by atoms with Gasteiger partial charge in [0.15, 0.2) is 11.5 Å². The van der Waals surface area contributed by atoms with Crippen molar-refractivity contribution in [3.63, 3.8) is 0 Å². The van der Waals surface area contributed by atoms with Crippen LogP contribution in [0.25, 0.3) is 21.9 Å². The number of nitrogens with one attached hydrogen (secondary N) is 1. The number of aromatic nitrogens is 3. The van der Waals surface area contributed by atoms with Crippen molar-refractivity contribution in [2.45, 2.75) is 12.3 Å². The van der Waals surface area contributed by atoms with Crippen molar-refractivity contribution in [2.24, 2.45) is 0 Å². The van der Waals surface area contributed by atoms with E-state index in [4.69, 9.17) is 14.2 Å². The molecule has 138 valence electrons. The van der Waals surface area contributed by atoms with E-state index in [9.17, 15) is 9.59 Å². The summed E-state index contributed by atoms with van der Waals surface area (Å²) >= 11 is 1.09. The van der Waals surface area contributed by atoms with Crippen LogP contribution >= 0.6 is 11.7 Å². The summed E-state index contributed by atoms with van der Waals surface area (Å²) in [5.41, 5.74) is 2.95. The summed E-state index contributed by atoms with van der Waals surface area (Å²) < 4.78 is 24.8. The first-order valence-electron chi connectivity index (χ1n) is 8.60. The molecule has 8 nitrogen and oxygen atoms in total. The lowest BCUT2D eigenvalue weighted by atomic mass is 9.85. The monoisotopic (exact) mass is 393 g/mol. The van der Waals surface area contributed by atoms with Crippen LogP contribution in [0.15, 0.2) is 35.1 Å². The average Bonchev–Trinajstić information content (AvgIpc) is 3.33. The van der Waals surface area contributed by atoms with Gasteiger partial charge in [-0.05, 0) is 24.3 Å². The van der Waals surface area contributed by atoms with E-state index in [2.05, 4.69) is 13.7 Å². The number of benzene rings is 2. The van der Waals surface area contributed by atoms with Crippen LogP contribution < -0.4 is 19.8 Å². The molecule has 9 heteroatoms. The van der Waals surface area contributed by atoms with E-state index >= 15 is 0 Å². The van der Waals surface area contributed by atoms with E-state index in [-0.39, 0.29) is 24.7 Å². The van der Waals surface area contributed by atoms with E-state index in [1.165, 1.54) is 0 Å². The Hall–Kier alpha value is -3.46. The minimum atomic E-state index is -0.470. The van der Waals surface area contributed by atoms with E-state index < -0.39 is 5.92 Å². The zero-order valence-corrected chi connectivity index (χ0v) is 15.0. The lowest BCUT2D eigenvalue weighted by Gasteiger charge is -2.24. The Morgan fingerprint density at radius 2 is 1.89 bits per heavy atom. The van der Waals surface area contributed by atoms with Crippen molar-refractivity contribution in [1.29, 1.82) is 0 Å². The second-order valence-electron chi connectivity index (χ2n) is 6.69. The molecule has 28 heavy (non-hydrogen) atoms. The highest BCUT2D eigenvalue weighted by atomic mass is 32.1. The third-order valence-corrected chi connectivity index (χ3v) is 5.65. The van der Waals surface area contributed by atoms with Crippen LogP contribution in [-0.2, 0) is 4.79 Å². The number of fused-ring (bicyclic) bond motifs is 5. The number of hydrogen-bond donors (Lipinski definition) is 1. The van der Waals surface area contributed by atoms with Crippen molar-refractivity contribution in [2.75, 3.05) is 6.79 Å². The Kier molecular flexibility index (Phi) is 3.07. The molecule has 4 heterocycles. The van der Waals surface area contributed by atoms with Crippen LogP contribution in [0.4, 0.5) is 0 Å². The summed E-state index contributed by atoms with van der Waals surface area (Å²) in [4.78, 5) is 28.0. The Balaban J connectivity index is 1.60. The Morgan fingerprint density at radius 1 is 1.04 bits per heavy atom. The van der Waals surface area contributed by atoms with E-state index in [1.807, 2.05) is 6.07 Å². The van der Waals surface area contributed by atoms with Gasteiger partial charge < -0.3 is 19.2 Å². The van der Waals surface area contributed by atoms with Crippen LogP contribution in [0.2, 0.25) is 0 Å². The van der Waals surface area contributed by atoms with Crippen molar-refractivity contribution < 1.29 is 19.0 Å². The number of aromatic amines is 1. The molecule has 0 radical (unpaired) electrons. The molecule has 2 aromatic heterocycles. The number of carbonyl (C=O) groups is 1. The van der Waals surface area contributed by atoms with Gasteiger partial charge in [-0.25, -0.2) is 0 Å². The first-order chi connectivity index (χ1) is 13.7. The van der Waals surface area contributed by atoms with Crippen LogP contribution in [-0.4, -0.2) is 26.5 Å². The molecule has 2 aliphatic rings. The van der Waals surface area contributed by atoms with E-state index in [0.717, 1.165) is 22.7 Å². The van der Waals surface area contributed by atoms with Gasteiger partial charge in [-0.3, -0.25) is 9.59 Å². The fourth-order valence-corrected chi connectivity index (χ4v) is 4.40. The lowest BCUT2D eigenvalue weighted by molar-refractivity contribution is -0.135. The second kappa shape index (κ2) is 5.52. The van der Waals surface area contributed by atoms with Crippen molar-refractivity contribution in [3.8, 4) is 17.2 Å². The van der Waals surface area contributed by atoms with Gasteiger partial charge in [-0.15, -0.1) is 0 Å². The average molecular weight is 393 g/mol. The van der Waals surface area contributed by atoms with Gasteiger partial charge in [-0.2, -0.15) is 8.75 Å². The van der Waals surface area contributed by atoms with Crippen LogP contribution in [0, 0.1) is 0 Å². The van der Waals surface area contributed by atoms with E-state index in [1.54, 1.807) is 24.3 Å². The maximum Gasteiger partial charge on any atom is 0.312 e. The maximum atomic E-state index is 12.9. The molecule has 1 atom stereocenters. The van der Waals surface area contributed by atoms with Gasteiger partial charge in [0.2, 0.25) is 6.79 Å². The third kappa shape index (κ3) is 2.16. The molecule has 0 saturated carbocycles. The Labute approximate surface area is 161 Å². The van der Waals surface area contributed by atoms with Crippen LogP contribution in [0.5, 0.6) is 17.2 Å². The number of rotatable bonds is 1. The molecule has 2 aliphatic heterocycles. The minimum Gasteiger partial charge on any atom is -0.454 e. The highest BCUT2D eigenvalue weighted by molar-refractivity contribution is 7.00. The van der Waals surface area contributed by atoms with Crippen LogP contribution in [0.3, 0.4) is 0 Å². The maximum absolute atomic E-state index is 12.9. The second-order valence-corrected chi connectivity index (χ2v) is 7.22. The van der Waals surface area contributed by atoms with Crippen LogP contribution in [0.1, 0.15) is 23.5 Å². The summed E-state index contributed by atoms with van der Waals surface area (Å²) in [7, 11) is 0. The Bertz CT molecular complexity index is 1360. The predicted octanol–water partition coefficient (Wildman–Crippen LogP) is 2.70. The summed E-state index contributed by atoms with van der Waals surface area (Å²) in [6.07, 6.45) is 0.0583. The molecule has 0 aliphatic carbocycles. The standard InChI is InChI=1S/C19H11N3O5S/c23-16-5-9(17-13(27-16)2-1-11-18(17)22-28-21-11)10-3-8-4-14-15(26-7-25-14)6-12(8)20-19(10)24/h1-4,6,9H,5,7H2,(H,20,24)/t9-/m0/s1. The molecule has 1 N–H and O–H groups in total. The largest absolute Gasteiger partial charge is 0.454 e. The SMILES string of the molecule is O=C1C[C@@H](c2cc3cc4c(cc3[nH]c2=O)OCO4)c2c(ccc3nsnc23)O1. The van der Waals surface area contributed by atoms with Crippen molar-refractivity contribution in [1.82, 2.24) is 13.7 Å². The number of ether oxygens (including phenoxy) is 3. The van der Waals surface area contributed by atoms with Gasteiger partial charge in [0.1, 0.15) is 16.8 Å². The molecule has 6 rings (SSSR count). The van der Waals surface area contributed by atoms with Gasteiger partial charge in [0.25, 0.3) is 5.56 Å². The molecule has 0 fully saturated rings. The molecule has 0 bridgehead atoms. The first kappa shape index (κ1) is 15.6. The minimum absolute atomic E-state index is 0.0583. The fraction of sp³-hybridized carbons (Fsp3) is 0.158. The number of esters is 1. The number of carbonyl (C=O) groups excluding carboxylic acids is 1.